The Hall–Kier alpha value is -1.67. The number of unbranched alkanes of at least 4 members (excludes halogenated alkanes) is 2. The van der Waals surface area contributed by atoms with Crippen molar-refractivity contribution in [1.82, 2.24) is 15.5 Å². The number of ether oxygens (including phenoxy) is 1. The SMILES string of the molecule is CCCNC(=O)[C@H]1[C@H]2C(=O)N(CCCCCO)C(C(=O)NC(C)(C)C)C23CC[C@]1(CC)O3. The van der Waals surface area contributed by atoms with E-state index in [9.17, 15) is 14.4 Å². The van der Waals surface area contributed by atoms with Crippen LogP contribution in [0.4, 0.5) is 0 Å². The lowest BCUT2D eigenvalue weighted by atomic mass is 9.65. The van der Waals surface area contributed by atoms with Gasteiger partial charge in [0.05, 0.1) is 17.4 Å². The Balaban J connectivity index is 1.98. The summed E-state index contributed by atoms with van der Waals surface area (Å²) in [5.74, 6) is -1.70. The first-order chi connectivity index (χ1) is 15.1. The topological polar surface area (TPSA) is 108 Å². The van der Waals surface area contributed by atoms with Crippen molar-refractivity contribution < 1.29 is 24.2 Å². The fraction of sp³-hybridized carbons (Fsp3) is 0.875. The van der Waals surface area contributed by atoms with Gasteiger partial charge in [0.2, 0.25) is 17.7 Å². The van der Waals surface area contributed by atoms with Crippen LogP contribution >= 0.6 is 0 Å². The quantitative estimate of drug-likeness (QED) is 0.439. The Kier molecular flexibility index (Phi) is 7.25. The third-order valence-corrected chi connectivity index (χ3v) is 7.32. The molecule has 0 aromatic rings. The molecule has 3 heterocycles. The van der Waals surface area contributed by atoms with E-state index in [1.807, 2.05) is 34.6 Å². The van der Waals surface area contributed by atoms with Crippen LogP contribution in [0.25, 0.3) is 0 Å². The second kappa shape index (κ2) is 9.29. The monoisotopic (exact) mass is 451 g/mol. The lowest BCUT2D eigenvalue weighted by Gasteiger charge is -2.35. The van der Waals surface area contributed by atoms with Gasteiger partial charge in [-0.25, -0.2) is 0 Å². The fourth-order valence-electron chi connectivity index (χ4n) is 6.02. The normalized spacial score (nSPS) is 33.5. The van der Waals surface area contributed by atoms with E-state index < -0.39 is 34.6 Å². The largest absolute Gasteiger partial charge is 0.396 e. The number of nitrogens with one attached hydrogen (secondary N) is 2. The minimum Gasteiger partial charge on any atom is -0.396 e. The summed E-state index contributed by atoms with van der Waals surface area (Å²) in [4.78, 5) is 42.3. The molecule has 0 aliphatic carbocycles. The number of nitrogens with zero attached hydrogens (tertiary/aromatic N) is 1. The molecule has 0 aromatic carbocycles. The van der Waals surface area contributed by atoms with Gasteiger partial charge in [-0.3, -0.25) is 14.4 Å². The van der Waals surface area contributed by atoms with Gasteiger partial charge in [-0.1, -0.05) is 13.8 Å². The van der Waals surface area contributed by atoms with Crippen LogP contribution in [0.5, 0.6) is 0 Å². The van der Waals surface area contributed by atoms with Crippen LogP contribution in [0.1, 0.15) is 79.6 Å². The number of likely N-dealkylation sites (tertiary alicyclic amines) is 1. The Morgan fingerprint density at radius 3 is 2.47 bits per heavy atom. The number of hydrogen-bond donors (Lipinski definition) is 3. The number of rotatable bonds is 10. The van der Waals surface area contributed by atoms with Crippen LogP contribution in [0, 0.1) is 11.8 Å². The van der Waals surface area contributed by atoms with E-state index in [0.29, 0.717) is 45.2 Å². The molecule has 8 heteroatoms. The summed E-state index contributed by atoms with van der Waals surface area (Å²) >= 11 is 0. The van der Waals surface area contributed by atoms with Gasteiger partial charge in [0, 0.05) is 25.2 Å². The van der Waals surface area contributed by atoms with Gasteiger partial charge in [0.15, 0.2) is 0 Å². The third kappa shape index (κ3) is 4.16. The van der Waals surface area contributed by atoms with E-state index >= 15 is 0 Å². The summed E-state index contributed by atoms with van der Waals surface area (Å²) in [5, 5.41) is 15.2. The molecular formula is C24H41N3O5. The smallest absolute Gasteiger partial charge is 0.246 e. The van der Waals surface area contributed by atoms with E-state index in [1.165, 1.54) is 0 Å². The zero-order valence-electron chi connectivity index (χ0n) is 20.3. The van der Waals surface area contributed by atoms with Gasteiger partial charge in [-0.2, -0.15) is 0 Å². The molecule has 2 bridgehead atoms. The molecular weight excluding hydrogens is 410 g/mol. The van der Waals surface area contributed by atoms with Crippen molar-refractivity contribution in [3.05, 3.63) is 0 Å². The highest BCUT2D eigenvalue weighted by Gasteiger charge is 2.78. The third-order valence-electron chi connectivity index (χ3n) is 7.32. The van der Waals surface area contributed by atoms with Gasteiger partial charge in [0.25, 0.3) is 0 Å². The summed E-state index contributed by atoms with van der Waals surface area (Å²) in [6.45, 7) is 10.8. The molecule has 3 saturated heterocycles. The second-order valence-electron chi connectivity index (χ2n) is 10.7. The van der Waals surface area contributed by atoms with Crippen molar-refractivity contribution in [2.24, 2.45) is 11.8 Å². The van der Waals surface area contributed by atoms with Gasteiger partial charge in [-0.15, -0.1) is 0 Å². The highest BCUT2D eigenvalue weighted by Crippen LogP contribution is 2.64. The molecule has 3 aliphatic heterocycles. The lowest BCUT2D eigenvalue weighted by Crippen LogP contribution is -2.58. The number of hydrogen-bond acceptors (Lipinski definition) is 5. The summed E-state index contributed by atoms with van der Waals surface area (Å²) in [7, 11) is 0. The average molecular weight is 452 g/mol. The van der Waals surface area contributed by atoms with Crippen LogP contribution in [-0.4, -0.2) is 70.2 Å². The number of fused-ring (bicyclic) bond motifs is 1. The maximum absolute atomic E-state index is 13.8. The van der Waals surface area contributed by atoms with E-state index in [4.69, 9.17) is 9.84 Å². The highest BCUT2D eigenvalue weighted by atomic mass is 16.5. The van der Waals surface area contributed by atoms with Crippen molar-refractivity contribution in [1.29, 1.82) is 0 Å². The predicted octanol–water partition coefficient (Wildman–Crippen LogP) is 1.74. The molecule has 0 radical (unpaired) electrons. The highest BCUT2D eigenvalue weighted by molar-refractivity contribution is 5.99. The Labute approximate surface area is 191 Å². The van der Waals surface area contributed by atoms with Crippen molar-refractivity contribution in [2.75, 3.05) is 19.7 Å². The predicted molar refractivity (Wildman–Crippen MR) is 121 cm³/mol. The van der Waals surface area contributed by atoms with E-state index in [1.54, 1.807) is 4.90 Å². The number of aliphatic hydroxyl groups excluding tert-OH is 1. The zero-order chi connectivity index (χ0) is 23.7. The average Bonchev–Trinajstić information content (AvgIpc) is 3.32. The first kappa shape index (κ1) is 25.0. The zero-order valence-corrected chi connectivity index (χ0v) is 20.3. The molecule has 0 aromatic heterocycles. The summed E-state index contributed by atoms with van der Waals surface area (Å²) < 4.78 is 6.69. The number of aliphatic hydroxyl groups is 1. The van der Waals surface area contributed by atoms with Gasteiger partial charge < -0.3 is 25.4 Å². The minimum absolute atomic E-state index is 0.107. The molecule has 182 valence electrons. The van der Waals surface area contributed by atoms with Crippen LogP contribution in [0.15, 0.2) is 0 Å². The summed E-state index contributed by atoms with van der Waals surface area (Å²) in [6, 6.07) is -0.745. The van der Waals surface area contributed by atoms with Gasteiger partial charge in [0.1, 0.15) is 11.6 Å². The molecule has 3 rings (SSSR count). The molecule has 3 aliphatic rings. The van der Waals surface area contributed by atoms with Gasteiger partial charge >= 0.3 is 0 Å². The van der Waals surface area contributed by atoms with Crippen LogP contribution < -0.4 is 10.6 Å². The first-order valence-electron chi connectivity index (χ1n) is 12.3. The second-order valence-corrected chi connectivity index (χ2v) is 10.7. The van der Waals surface area contributed by atoms with E-state index in [0.717, 1.165) is 12.8 Å². The molecule has 32 heavy (non-hydrogen) atoms. The van der Waals surface area contributed by atoms with E-state index in [-0.39, 0.29) is 24.3 Å². The van der Waals surface area contributed by atoms with E-state index in [2.05, 4.69) is 10.6 Å². The van der Waals surface area contributed by atoms with Crippen molar-refractivity contribution in [2.45, 2.75) is 102 Å². The Morgan fingerprint density at radius 2 is 1.88 bits per heavy atom. The molecule has 5 atom stereocenters. The van der Waals surface area contributed by atoms with Crippen molar-refractivity contribution in [3.63, 3.8) is 0 Å². The lowest BCUT2D eigenvalue weighted by molar-refractivity contribution is -0.148. The summed E-state index contributed by atoms with van der Waals surface area (Å²) in [6.07, 6.45) is 4.85. The molecule has 3 N–H and O–H groups in total. The summed E-state index contributed by atoms with van der Waals surface area (Å²) in [5.41, 5.74) is -2.11. The van der Waals surface area contributed by atoms with Gasteiger partial charge in [-0.05, 0) is 65.7 Å². The maximum atomic E-state index is 13.8. The van der Waals surface area contributed by atoms with Crippen LogP contribution in [0.3, 0.4) is 0 Å². The number of amides is 3. The molecule has 8 nitrogen and oxygen atoms in total. The molecule has 3 amide bonds. The maximum Gasteiger partial charge on any atom is 0.246 e. The minimum atomic E-state index is -0.965. The Bertz CT molecular complexity index is 736. The molecule has 1 spiro atoms. The standard InChI is InChI=1S/C24H41N3O5/c1-6-13-25-19(29)16-17-21(31)27(14-9-8-10-15-28)18(20(30)26-22(3,4)5)24(17)12-11-23(16,7-2)32-24/h16-18,28H,6-15H2,1-5H3,(H,25,29)(H,26,30)/t16-,17+,18?,23+,24?/m1/s1. The van der Waals surface area contributed by atoms with Crippen LogP contribution in [-0.2, 0) is 19.1 Å². The first-order valence-corrected chi connectivity index (χ1v) is 12.3. The molecule has 0 saturated carbocycles. The van der Waals surface area contributed by atoms with Crippen LogP contribution in [0.2, 0.25) is 0 Å². The number of carbonyl (C=O) groups is 3. The Morgan fingerprint density at radius 1 is 1.16 bits per heavy atom. The number of carbonyl (C=O) groups excluding carboxylic acids is 3. The van der Waals surface area contributed by atoms with Crippen molar-refractivity contribution in [3.8, 4) is 0 Å². The molecule has 3 fully saturated rings. The van der Waals surface area contributed by atoms with Crippen molar-refractivity contribution >= 4 is 17.7 Å². The molecule has 2 unspecified atom stereocenters. The fourth-order valence-corrected chi connectivity index (χ4v) is 6.02.